The molecule has 0 spiro atoms. The standard InChI is InChI=1S/C13H16ClN3O2/c1-7-8(3-4-9(14)16-7)17-11(18)10-13(15)5-12(2,6-13)19-10/h3-4,10H,5-6,15H2,1-2H3,(H,17,18). The number of nitrogens with one attached hydrogen (secondary N) is 1. The monoisotopic (exact) mass is 281 g/mol. The fourth-order valence-corrected chi connectivity index (χ4v) is 3.38. The van der Waals surface area contributed by atoms with Crippen LogP contribution in [0.2, 0.25) is 5.15 Å². The van der Waals surface area contributed by atoms with Crippen LogP contribution >= 0.6 is 11.6 Å². The van der Waals surface area contributed by atoms with Crippen LogP contribution < -0.4 is 11.1 Å². The minimum atomic E-state index is -0.590. The topological polar surface area (TPSA) is 77.2 Å². The highest BCUT2D eigenvalue weighted by Gasteiger charge is 2.65. The van der Waals surface area contributed by atoms with Crippen molar-refractivity contribution in [3.05, 3.63) is 23.0 Å². The zero-order valence-electron chi connectivity index (χ0n) is 10.9. The molecule has 0 radical (unpaired) electrons. The van der Waals surface area contributed by atoms with Gasteiger partial charge >= 0.3 is 0 Å². The van der Waals surface area contributed by atoms with Crippen molar-refractivity contribution in [1.29, 1.82) is 0 Å². The Labute approximate surface area is 116 Å². The Balaban J connectivity index is 1.76. The molecule has 1 aromatic heterocycles. The van der Waals surface area contributed by atoms with Crippen molar-refractivity contribution in [1.82, 2.24) is 4.98 Å². The van der Waals surface area contributed by atoms with Gasteiger partial charge in [0.1, 0.15) is 5.15 Å². The van der Waals surface area contributed by atoms with E-state index in [1.54, 1.807) is 19.1 Å². The van der Waals surface area contributed by atoms with Crippen molar-refractivity contribution in [2.45, 2.75) is 43.9 Å². The van der Waals surface area contributed by atoms with E-state index in [1.807, 2.05) is 6.92 Å². The van der Waals surface area contributed by atoms with Crippen LogP contribution in [0.25, 0.3) is 0 Å². The second-order valence-electron chi connectivity index (χ2n) is 5.79. The average molecular weight is 282 g/mol. The third-order valence-electron chi connectivity index (χ3n) is 3.88. The van der Waals surface area contributed by atoms with Gasteiger partial charge in [0.25, 0.3) is 5.91 Å². The number of anilines is 1. The maximum absolute atomic E-state index is 12.3. The molecule has 2 saturated heterocycles. The van der Waals surface area contributed by atoms with Gasteiger partial charge in [-0.2, -0.15) is 0 Å². The summed E-state index contributed by atoms with van der Waals surface area (Å²) in [6.45, 7) is 3.77. The number of fused-ring (bicyclic) bond motifs is 1. The molecule has 1 saturated carbocycles. The lowest BCUT2D eigenvalue weighted by atomic mass is 9.67. The molecule has 0 aromatic carbocycles. The van der Waals surface area contributed by atoms with Crippen molar-refractivity contribution in [3.63, 3.8) is 0 Å². The molecule has 3 fully saturated rings. The van der Waals surface area contributed by atoms with E-state index in [1.165, 1.54) is 0 Å². The van der Waals surface area contributed by atoms with Gasteiger partial charge < -0.3 is 15.8 Å². The molecular weight excluding hydrogens is 266 g/mol. The number of hydrogen-bond donors (Lipinski definition) is 2. The number of hydrogen-bond acceptors (Lipinski definition) is 4. The molecule has 1 atom stereocenters. The van der Waals surface area contributed by atoms with Crippen molar-refractivity contribution in [3.8, 4) is 0 Å². The Hall–Kier alpha value is -1.17. The van der Waals surface area contributed by atoms with Gasteiger partial charge in [0.05, 0.1) is 22.5 Å². The van der Waals surface area contributed by atoms with Gasteiger partial charge in [-0.1, -0.05) is 11.6 Å². The first-order valence-electron chi connectivity index (χ1n) is 6.22. The summed E-state index contributed by atoms with van der Waals surface area (Å²) < 4.78 is 5.74. The molecule has 1 unspecified atom stereocenters. The van der Waals surface area contributed by atoms with Crippen LogP contribution in [-0.2, 0) is 9.53 Å². The molecule has 5 nitrogen and oxygen atoms in total. The third kappa shape index (κ3) is 2.02. The number of halogens is 1. The molecule has 3 aliphatic rings. The van der Waals surface area contributed by atoms with E-state index in [0.717, 1.165) is 12.8 Å². The van der Waals surface area contributed by atoms with E-state index in [4.69, 9.17) is 22.1 Å². The summed E-state index contributed by atoms with van der Waals surface area (Å²) >= 11 is 5.78. The number of nitrogens with two attached hydrogens (primary N) is 1. The summed E-state index contributed by atoms with van der Waals surface area (Å²) in [6.07, 6.45) is 0.874. The summed E-state index contributed by atoms with van der Waals surface area (Å²) in [7, 11) is 0. The Morgan fingerprint density at radius 2 is 2.26 bits per heavy atom. The number of carbonyl (C=O) groups excluding carboxylic acids is 1. The number of amides is 1. The van der Waals surface area contributed by atoms with Crippen molar-refractivity contribution in [2.24, 2.45) is 5.73 Å². The lowest BCUT2D eigenvalue weighted by Crippen LogP contribution is -2.58. The number of aryl methyl sites for hydroxylation is 1. The average Bonchev–Trinajstić information content (AvgIpc) is 2.68. The number of pyridine rings is 1. The van der Waals surface area contributed by atoms with E-state index in [-0.39, 0.29) is 11.5 Å². The van der Waals surface area contributed by atoms with Crippen LogP contribution in [-0.4, -0.2) is 28.1 Å². The Kier molecular flexibility index (Phi) is 2.64. The molecule has 102 valence electrons. The highest BCUT2D eigenvalue weighted by Crippen LogP contribution is 2.53. The first kappa shape index (κ1) is 12.8. The van der Waals surface area contributed by atoms with E-state index in [9.17, 15) is 4.79 Å². The molecule has 3 heterocycles. The van der Waals surface area contributed by atoms with Gasteiger partial charge in [-0.05, 0) is 38.8 Å². The van der Waals surface area contributed by atoms with Crippen LogP contribution in [0.5, 0.6) is 0 Å². The highest BCUT2D eigenvalue weighted by atomic mass is 35.5. The van der Waals surface area contributed by atoms with E-state index >= 15 is 0 Å². The number of aromatic nitrogens is 1. The second kappa shape index (κ2) is 3.91. The second-order valence-corrected chi connectivity index (χ2v) is 6.18. The molecule has 1 amide bonds. The first-order valence-corrected chi connectivity index (χ1v) is 6.60. The van der Waals surface area contributed by atoms with Gasteiger partial charge in [-0.25, -0.2) is 4.98 Å². The molecule has 2 aliphatic heterocycles. The van der Waals surface area contributed by atoms with Gasteiger partial charge in [0, 0.05) is 0 Å². The van der Waals surface area contributed by atoms with E-state index in [2.05, 4.69) is 10.3 Å². The van der Waals surface area contributed by atoms with Crippen molar-refractivity contribution >= 4 is 23.2 Å². The van der Waals surface area contributed by atoms with Crippen LogP contribution in [0, 0.1) is 6.92 Å². The largest absolute Gasteiger partial charge is 0.360 e. The van der Waals surface area contributed by atoms with Crippen LogP contribution in [0.15, 0.2) is 12.1 Å². The summed E-state index contributed by atoms with van der Waals surface area (Å²) in [5.74, 6) is -0.212. The molecular formula is C13H16ClN3O2. The molecule has 2 bridgehead atoms. The fraction of sp³-hybridized carbons (Fsp3) is 0.538. The number of nitrogens with zero attached hydrogens (tertiary/aromatic N) is 1. The number of rotatable bonds is 2. The highest BCUT2D eigenvalue weighted by molar-refractivity contribution is 6.29. The Bertz CT molecular complexity index is 555. The minimum absolute atomic E-state index is 0.212. The molecule has 1 aliphatic carbocycles. The summed E-state index contributed by atoms with van der Waals surface area (Å²) in [4.78, 5) is 16.4. The summed E-state index contributed by atoms with van der Waals surface area (Å²) in [6, 6.07) is 3.37. The maximum Gasteiger partial charge on any atom is 0.255 e. The smallest absolute Gasteiger partial charge is 0.255 e. The Morgan fingerprint density at radius 3 is 2.79 bits per heavy atom. The minimum Gasteiger partial charge on any atom is -0.360 e. The molecule has 3 N–H and O–H groups in total. The molecule has 1 aromatic rings. The molecule has 6 heteroatoms. The van der Waals surface area contributed by atoms with E-state index < -0.39 is 11.6 Å². The lowest BCUT2D eigenvalue weighted by Gasteiger charge is -2.39. The van der Waals surface area contributed by atoms with Gasteiger partial charge in [0.15, 0.2) is 6.10 Å². The Morgan fingerprint density at radius 1 is 1.58 bits per heavy atom. The fourth-order valence-electron chi connectivity index (χ4n) is 3.19. The maximum atomic E-state index is 12.3. The van der Waals surface area contributed by atoms with Crippen LogP contribution in [0.4, 0.5) is 5.69 Å². The van der Waals surface area contributed by atoms with Gasteiger partial charge in [0.2, 0.25) is 0 Å². The summed E-state index contributed by atoms with van der Waals surface area (Å²) in [5.41, 5.74) is 6.72. The summed E-state index contributed by atoms with van der Waals surface area (Å²) in [5, 5.41) is 3.21. The molecule has 4 rings (SSSR count). The van der Waals surface area contributed by atoms with Gasteiger partial charge in [-0.15, -0.1) is 0 Å². The zero-order valence-corrected chi connectivity index (χ0v) is 11.6. The predicted octanol–water partition coefficient (Wildman–Crippen LogP) is 1.63. The lowest BCUT2D eigenvalue weighted by molar-refractivity contribution is -0.127. The number of carbonyl (C=O) groups is 1. The normalized spacial score (nSPS) is 35.9. The first-order chi connectivity index (χ1) is 8.81. The number of ether oxygens (including phenoxy) is 1. The van der Waals surface area contributed by atoms with Crippen LogP contribution in [0.1, 0.15) is 25.5 Å². The predicted molar refractivity (Wildman–Crippen MR) is 72.0 cm³/mol. The third-order valence-corrected chi connectivity index (χ3v) is 4.09. The van der Waals surface area contributed by atoms with E-state index in [0.29, 0.717) is 16.5 Å². The molecule has 19 heavy (non-hydrogen) atoms. The SMILES string of the molecule is Cc1nc(Cl)ccc1NC(=O)C1OC2(C)CC1(N)C2. The van der Waals surface area contributed by atoms with Crippen molar-refractivity contribution in [2.75, 3.05) is 5.32 Å². The zero-order chi connectivity index (χ0) is 13.8. The van der Waals surface area contributed by atoms with Crippen molar-refractivity contribution < 1.29 is 9.53 Å². The quantitative estimate of drug-likeness (QED) is 0.808. The van der Waals surface area contributed by atoms with Gasteiger partial charge in [-0.3, -0.25) is 4.79 Å². The van der Waals surface area contributed by atoms with Crippen LogP contribution in [0.3, 0.4) is 0 Å².